The predicted octanol–water partition coefficient (Wildman–Crippen LogP) is 7.07. The maximum atomic E-state index is 13.8. The Labute approximate surface area is 409 Å². The SMILES string of the molecule is C[C@H](CC(=O)N1CCC(O)(Cn2cnc3c(-c4ccc(CNC(=O)c5cnc(N/N=C6/C(=O)N(c7nc(-c8ccccc8)cs7)N=C6c6ccccc6)s5)cc4)n(C)nc3c2=O)CC1)c1ccccc1. The molecular weight excluding hydrogens is 925 g/mol. The van der Waals surface area contributed by atoms with Crippen LogP contribution in [0.3, 0.4) is 0 Å². The number of aromatic nitrogens is 6. The number of nitrogens with one attached hydrogen (secondary N) is 2. The zero-order chi connectivity index (χ0) is 48.4. The van der Waals surface area contributed by atoms with Crippen molar-refractivity contribution >= 4 is 73.1 Å². The second kappa shape index (κ2) is 19.5. The number of carbonyl (C=O) groups is 3. The number of fused-ring (bicyclic) bond motifs is 1. The van der Waals surface area contributed by atoms with E-state index in [9.17, 15) is 24.3 Å². The zero-order valence-corrected chi connectivity index (χ0v) is 39.7. The number of hydrazone groups is 2. The normalized spacial score (nSPS) is 15.6. The van der Waals surface area contributed by atoms with Gasteiger partial charge in [-0.2, -0.15) is 20.3 Å². The molecule has 10 rings (SSSR count). The number of benzene rings is 4. The molecule has 19 heteroatoms. The van der Waals surface area contributed by atoms with Crippen LogP contribution in [0.25, 0.3) is 33.5 Å². The number of thiazole rings is 2. The van der Waals surface area contributed by atoms with Crippen LogP contribution in [-0.4, -0.2) is 87.1 Å². The van der Waals surface area contributed by atoms with Crippen molar-refractivity contribution < 1.29 is 19.5 Å². The van der Waals surface area contributed by atoms with Crippen molar-refractivity contribution in [2.24, 2.45) is 17.3 Å². The molecule has 4 aromatic carbocycles. The molecular formula is C51H46N12O5S2. The molecule has 6 heterocycles. The number of aliphatic hydroxyl groups is 1. The van der Waals surface area contributed by atoms with Crippen molar-refractivity contribution in [1.82, 2.24) is 39.5 Å². The summed E-state index contributed by atoms with van der Waals surface area (Å²) in [5, 5.41) is 31.9. The summed E-state index contributed by atoms with van der Waals surface area (Å²) in [5.41, 5.74) is 8.07. The van der Waals surface area contributed by atoms with E-state index in [0.717, 1.165) is 39.3 Å². The van der Waals surface area contributed by atoms with E-state index in [2.05, 4.69) is 41.0 Å². The minimum absolute atomic E-state index is 0.0355. The van der Waals surface area contributed by atoms with Crippen LogP contribution in [0.1, 0.15) is 58.5 Å². The number of anilines is 2. The lowest BCUT2D eigenvalue weighted by Crippen LogP contribution is -2.49. The minimum atomic E-state index is -1.18. The zero-order valence-electron chi connectivity index (χ0n) is 38.1. The quantitative estimate of drug-likeness (QED) is 0.0946. The first-order valence-corrected chi connectivity index (χ1v) is 24.3. The van der Waals surface area contributed by atoms with Crippen LogP contribution in [0.4, 0.5) is 10.3 Å². The number of nitrogens with zero attached hydrogens (tertiary/aromatic N) is 10. The first-order chi connectivity index (χ1) is 34.0. The van der Waals surface area contributed by atoms with E-state index in [4.69, 9.17) is 0 Å². The van der Waals surface area contributed by atoms with Gasteiger partial charge < -0.3 is 15.3 Å². The first-order valence-electron chi connectivity index (χ1n) is 22.6. The Morgan fingerprint density at radius 1 is 0.857 bits per heavy atom. The van der Waals surface area contributed by atoms with Crippen molar-refractivity contribution in [3.8, 4) is 22.5 Å². The number of hydrogen-bond acceptors (Lipinski definition) is 14. The van der Waals surface area contributed by atoms with E-state index < -0.39 is 11.5 Å². The Balaban J connectivity index is 0.753. The van der Waals surface area contributed by atoms with Crippen LogP contribution in [-0.2, 0) is 29.7 Å². The van der Waals surface area contributed by atoms with Crippen LogP contribution in [0.15, 0.2) is 148 Å². The number of hydrogen-bond donors (Lipinski definition) is 3. The molecule has 0 spiro atoms. The molecule has 8 aromatic rings. The first kappa shape index (κ1) is 45.8. The average molecular weight is 971 g/mol. The standard InChI is InChI=1S/C51H46N12O5S2/c1-32(34-12-6-3-7-13-34)26-40(64)61-24-22-51(68,23-25-61)30-62-31-54-42-44(47(62)66)58-60(2)45(42)37-20-18-33(19-21-37)27-52-46(65)39-28-53-49(70-39)57-56-43-41(36-16-10-5-11-17-36)59-63(48(43)67)50-55-38(29-69-50)35-14-8-4-9-15-35/h3-21,28-29,31-32,68H,22-27,30H2,1-2H3,(H,52,65)(H,53,57)/b56-43+/t32-/m1/s1. The molecule has 3 N–H and O–H groups in total. The Hall–Kier alpha value is -8.00. The molecule has 0 bridgehead atoms. The molecule has 0 aliphatic carbocycles. The van der Waals surface area contributed by atoms with Crippen LogP contribution >= 0.6 is 22.7 Å². The summed E-state index contributed by atoms with van der Waals surface area (Å²) in [6, 6.07) is 36.4. The fourth-order valence-corrected chi connectivity index (χ4v) is 10.0. The van der Waals surface area contributed by atoms with Gasteiger partial charge in [-0.3, -0.25) is 33.9 Å². The van der Waals surface area contributed by atoms with Crippen LogP contribution in [0.5, 0.6) is 0 Å². The van der Waals surface area contributed by atoms with E-state index in [1.54, 1.807) is 16.6 Å². The van der Waals surface area contributed by atoms with E-state index in [-0.39, 0.29) is 47.6 Å². The van der Waals surface area contributed by atoms with Crippen LogP contribution < -0.4 is 21.3 Å². The van der Waals surface area contributed by atoms with E-state index in [0.29, 0.717) is 70.0 Å². The number of carbonyl (C=O) groups excluding carboxylic acids is 3. The van der Waals surface area contributed by atoms with Gasteiger partial charge in [-0.25, -0.2) is 15.0 Å². The number of rotatable bonds is 14. The molecule has 70 heavy (non-hydrogen) atoms. The highest BCUT2D eigenvalue weighted by Gasteiger charge is 2.37. The van der Waals surface area contributed by atoms with Gasteiger partial charge in [-0.15, -0.1) is 11.3 Å². The summed E-state index contributed by atoms with van der Waals surface area (Å²) >= 11 is 2.39. The fraction of sp³-hybridized carbons (Fsp3) is 0.216. The molecule has 352 valence electrons. The summed E-state index contributed by atoms with van der Waals surface area (Å²) in [7, 11) is 1.75. The van der Waals surface area contributed by atoms with E-state index >= 15 is 0 Å². The van der Waals surface area contributed by atoms with E-state index in [1.807, 2.05) is 128 Å². The molecule has 4 aromatic heterocycles. The van der Waals surface area contributed by atoms with Gasteiger partial charge in [0.25, 0.3) is 11.5 Å². The number of amides is 3. The highest BCUT2D eigenvalue weighted by molar-refractivity contribution is 7.17. The third-order valence-electron chi connectivity index (χ3n) is 12.5. The molecule has 1 fully saturated rings. The van der Waals surface area contributed by atoms with E-state index in [1.165, 1.54) is 33.4 Å². The number of likely N-dealkylation sites (tertiary alicyclic amines) is 1. The molecule has 3 amide bonds. The summed E-state index contributed by atoms with van der Waals surface area (Å²) in [6.45, 7) is 3.10. The second-order valence-electron chi connectivity index (χ2n) is 17.3. The second-order valence-corrected chi connectivity index (χ2v) is 19.1. The average Bonchev–Trinajstić information content (AvgIpc) is 4.21. The Bertz CT molecular complexity index is 3340. The van der Waals surface area contributed by atoms with Crippen LogP contribution in [0.2, 0.25) is 0 Å². The highest BCUT2D eigenvalue weighted by atomic mass is 32.1. The fourth-order valence-electron chi connectivity index (χ4n) is 8.57. The Morgan fingerprint density at radius 2 is 1.54 bits per heavy atom. The Morgan fingerprint density at radius 3 is 2.26 bits per heavy atom. The molecule has 2 aliphatic heterocycles. The van der Waals surface area contributed by atoms with Crippen molar-refractivity contribution in [3.63, 3.8) is 0 Å². The minimum Gasteiger partial charge on any atom is -0.388 e. The van der Waals surface area contributed by atoms with Gasteiger partial charge in [0.05, 0.1) is 36.1 Å². The monoisotopic (exact) mass is 970 g/mol. The molecule has 0 saturated carbocycles. The van der Waals surface area contributed by atoms with Crippen molar-refractivity contribution in [3.05, 3.63) is 165 Å². The molecule has 17 nitrogen and oxygen atoms in total. The third-order valence-corrected chi connectivity index (χ3v) is 14.2. The highest BCUT2D eigenvalue weighted by Crippen LogP contribution is 2.32. The lowest BCUT2D eigenvalue weighted by atomic mass is 9.90. The van der Waals surface area contributed by atoms with Gasteiger partial charge in [0, 0.05) is 55.2 Å². The Kier molecular flexibility index (Phi) is 12.8. The van der Waals surface area contributed by atoms with Gasteiger partial charge in [0.1, 0.15) is 16.1 Å². The van der Waals surface area contributed by atoms with Crippen molar-refractivity contribution in [2.45, 2.75) is 50.8 Å². The number of aryl methyl sites for hydroxylation is 1. The number of piperidine rings is 1. The van der Waals surface area contributed by atoms with Gasteiger partial charge in [-0.05, 0) is 29.9 Å². The van der Waals surface area contributed by atoms with Gasteiger partial charge in [-0.1, -0.05) is 134 Å². The maximum Gasteiger partial charge on any atom is 0.303 e. The predicted molar refractivity (Wildman–Crippen MR) is 271 cm³/mol. The molecule has 1 atom stereocenters. The smallest absolute Gasteiger partial charge is 0.303 e. The van der Waals surface area contributed by atoms with Gasteiger partial charge >= 0.3 is 5.91 Å². The maximum absolute atomic E-state index is 13.8. The summed E-state index contributed by atoms with van der Waals surface area (Å²) < 4.78 is 3.02. The summed E-state index contributed by atoms with van der Waals surface area (Å²) in [4.78, 5) is 69.8. The van der Waals surface area contributed by atoms with Crippen LogP contribution in [0, 0.1) is 0 Å². The molecule has 0 radical (unpaired) electrons. The van der Waals surface area contributed by atoms with Crippen molar-refractivity contribution in [1.29, 1.82) is 0 Å². The topological polar surface area (TPSA) is 205 Å². The van der Waals surface area contributed by atoms with Gasteiger partial charge in [0.15, 0.2) is 11.2 Å². The lowest BCUT2D eigenvalue weighted by Gasteiger charge is -2.38. The molecule has 0 unspecified atom stereocenters. The third kappa shape index (κ3) is 9.54. The summed E-state index contributed by atoms with van der Waals surface area (Å²) in [6.07, 6.45) is 3.95. The summed E-state index contributed by atoms with van der Waals surface area (Å²) in [5.74, 6) is -0.668. The van der Waals surface area contributed by atoms with Crippen molar-refractivity contribution in [2.75, 3.05) is 23.5 Å². The largest absolute Gasteiger partial charge is 0.388 e. The molecule has 1 saturated heterocycles. The molecule has 2 aliphatic rings. The lowest BCUT2D eigenvalue weighted by molar-refractivity contribution is -0.136. The van der Waals surface area contributed by atoms with Gasteiger partial charge in [0.2, 0.25) is 16.2 Å².